The standard InChI is InChI=1S/C15H11Cl2FO2/c1-20-15-8-10(16)2-4-12(15)14(19)7-9-6-11(18)3-5-13(9)17/h2-6,8H,7H2,1H3. The van der Waals surface area contributed by atoms with Gasteiger partial charge in [0.2, 0.25) is 0 Å². The summed E-state index contributed by atoms with van der Waals surface area (Å²) in [5.74, 6) is -0.263. The average Bonchev–Trinajstić information content (AvgIpc) is 2.42. The van der Waals surface area contributed by atoms with Crippen molar-refractivity contribution in [2.75, 3.05) is 7.11 Å². The molecule has 0 aliphatic heterocycles. The first-order valence-corrected chi connectivity index (χ1v) is 6.57. The van der Waals surface area contributed by atoms with E-state index in [1.165, 1.54) is 25.3 Å². The summed E-state index contributed by atoms with van der Waals surface area (Å²) in [7, 11) is 1.46. The molecule has 20 heavy (non-hydrogen) atoms. The van der Waals surface area contributed by atoms with Crippen molar-refractivity contribution < 1.29 is 13.9 Å². The Hall–Kier alpha value is -1.58. The van der Waals surface area contributed by atoms with Gasteiger partial charge in [0.15, 0.2) is 5.78 Å². The first-order valence-electron chi connectivity index (χ1n) is 5.82. The molecule has 0 spiro atoms. The Balaban J connectivity index is 2.30. The summed E-state index contributed by atoms with van der Waals surface area (Å²) in [6.07, 6.45) is -0.00537. The summed E-state index contributed by atoms with van der Waals surface area (Å²) in [6.45, 7) is 0. The number of rotatable bonds is 4. The van der Waals surface area contributed by atoms with E-state index in [9.17, 15) is 9.18 Å². The minimum Gasteiger partial charge on any atom is -0.496 e. The molecule has 0 radical (unpaired) electrons. The van der Waals surface area contributed by atoms with E-state index in [2.05, 4.69) is 0 Å². The lowest BCUT2D eigenvalue weighted by Gasteiger charge is -2.09. The van der Waals surface area contributed by atoms with Crippen LogP contribution in [0.2, 0.25) is 10.0 Å². The first-order chi connectivity index (χ1) is 9.51. The highest BCUT2D eigenvalue weighted by Gasteiger charge is 2.15. The zero-order chi connectivity index (χ0) is 14.7. The van der Waals surface area contributed by atoms with E-state index in [-0.39, 0.29) is 12.2 Å². The van der Waals surface area contributed by atoms with Crippen LogP contribution >= 0.6 is 23.2 Å². The molecular weight excluding hydrogens is 302 g/mol. The molecule has 0 amide bonds. The summed E-state index contributed by atoms with van der Waals surface area (Å²) in [5.41, 5.74) is 0.825. The fraction of sp³-hybridized carbons (Fsp3) is 0.133. The molecule has 0 saturated carbocycles. The van der Waals surface area contributed by atoms with Gasteiger partial charge in [0.25, 0.3) is 0 Å². The maximum absolute atomic E-state index is 13.2. The van der Waals surface area contributed by atoms with Crippen LogP contribution in [-0.4, -0.2) is 12.9 Å². The van der Waals surface area contributed by atoms with Crippen LogP contribution in [0, 0.1) is 5.82 Å². The number of benzene rings is 2. The lowest BCUT2D eigenvalue weighted by atomic mass is 10.0. The third-order valence-electron chi connectivity index (χ3n) is 2.82. The van der Waals surface area contributed by atoms with Gasteiger partial charge in [-0.1, -0.05) is 23.2 Å². The number of hydrogen-bond acceptors (Lipinski definition) is 2. The molecule has 0 saturated heterocycles. The molecule has 0 atom stereocenters. The molecule has 0 bridgehead atoms. The zero-order valence-electron chi connectivity index (χ0n) is 10.6. The van der Waals surface area contributed by atoms with E-state index in [1.807, 2.05) is 0 Å². The first kappa shape index (κ1) is 14.8. The van der Waals surface area contributed by atoms with Gasteiger partial charge in [0.1, 0.15) is 11.6 Å². The molecule has 0 unspecified atom stereocenters. The van der Waals surface area contributed by atoms with Crippen LogP contribution in [-0.2, 0) is 6.42 Å². The number of ketones is 1. The molecule has 104 valence electrons. The SMILES string of the molecule is COc1cc(Cl)ccc1C(=O)Cc1cc(F)ccc1Cl. The lowest BCUT2D eigenvalue weighted by Crippen LogP contribution is -2.06. The summed E-state index contributed by atoms with van der Waals surface area (Å²) in [6, 6.07) is 8.67. The quantitative estimate of drug-likeness (QED) is 0.773. The second-order valence-electron chi connectivity index (χ2n) is 4.18. The highest BCUT2D eigenvalue weighted by Crippen LogP contribution is 2.26. The Kier molecular flexibility index (Phi) is 4.63. The Morgan fingerprint density at radius 2 is 1.95 bits per heavy atom. The highest BCUT2D eigenvalue weighted by atomic mass is 35.5. The van der Waals surface area contributed by atoms with Gasteiger partial charge in [-0.25, -0.2) is 4.39 Å². The maximum atomic E-state index is 13.2. The molecule has 0 aromatic heterocycles. The van der Waals surface area contributed by atoms with Crippen LogP contribution in [0.3, 0.4) is 0 Å². The molecule has 0 heterocycles. The second kappa shape index (κ2) is 6.25. The third-order valence-corrected chi connectivity index (χ3v) is 3.43. The third kappa shape index (κ3) is 3.30. The number of methoxy groups -OCH3 is 1. The smallest absolute Gasteiger partial charge is 0.171 e. The van der Waals surface area contributed by atoms with Gasteiger partial charge >= 0.3 is 0 Å². The maximum Gasteiger partial charge on any atom is 0.171 e. The van der Waals surface area contributed by atoms with Gasteiger partial charge < -0.3 is 4.74 Å². The van der Waals surface area contributed by atoms with E-state index >= 15 is 0 Å². The van der Waals surface area contributed by atoms with E-state index in [0.717, 1.165) is 0 Å². The number of carbonyl (C=O) groups is 1. The van der Waals surface area contributed by atoms with Gasteiger partial charge in [-0.05, 0) is 42.0 Å². The van der Waals surface area contributed by atoms with Crippen LogP contribution < -0.4 is 4.74 Å². The van der Waals surface area contributed by atoms with E-state index in [0.29, 0.717) is 26.9 Å². The predicted octanol–water partition coefficient (Wildman–Crippen LogP) is 4.57. The zero-order valence-corrected chi connectivity index (χ0v) is 12.1. The Labute approximate surface area is 126 Å². The molecule has 0 N–H and O–H groups in total. The molecule has 0 aliphatic carbocycles. The monoisotopic (exact) mass is 312 g/mol. The van der Waals surface area contributed by atoms with Crippen LogP contribution in [0.25, 0.3) is 0 Å². The fourth-order valence-electron chi connectivity index (χ4n) is 1.84. The summed E-state index contributed by atoms with van der Waals surface area (Å²) in [5, 5.41) is 0.829. The van der Waals surface area contributed by atoms with Crippen molar-refractivity contribution in [3.63, 3.8) is 0 Å². The number of carbonyl (C=O) groups excluding carboxylic acids is 1. The van der Waals surface area contributed by atoms with E-state index in [4.69, 9.17) is 27.9 Å². The molecule has 2 rings (SSSR count). The van der Waals surface area contributed by atoms with Gasteiger partial charge in [-0.15, -0.1) is 0 Å². The minimum absolute atomic E-state index is 0.00537. The predicted molar refractivity (Wildman–Crippen MR) is 77.4 cm³/mol. The summed E-state index contributed by atoms with van der Waals surface area (Å²) in [4.78, 5) is 12.3. The van der Waals surface area contributed by atoms with Gasteiger partial charge in [-0.3, -0.25) is 4.79 Å². The van der Waals surface area contributed by atoms with Crippen molar-refractivity contribution >= 4 is 29.0 Å². The van der Waals surface area contributed by atoms with Gasteiger partial charge in [0.05, 0.1) is 12.7 Å². The minimum atomic E-state index is -0.430. The molecular formula is C15H11Cl2FO2. The molecule has 0 aliphatic rings. The Morgan fingerprint density at radius 1 is 1.20 bits per heavy atom. The molecule has 2 nitrogen and oxygen atoms in total. The number of halogens is 3. The molecule has 0 fully saturated rings. The van der Waals surface area contributed by atoms with Crippen molar-refractivity contribution in [3.8, 4) is 5.75 Å². The van der Waals surface area contributed by atoms with Crippen LogP contribution in [0.1, 0.15) is 15.9 Å². The Morgan fingerprint density at radius 3 is 2.65 bits per heavy atom. The lowest BCUT2D eigenvalue weighted by molar-refractivity contribution is 0.0990. The summed E-state index contributed by atoms with van der Waals surface area (Å²) >= 11 is 11.8. The fourth-order valence-corrected chi connectivity index (χ4v) is 2.19. The van der Waals surface area contributed by atoms with Crippen molar-refractivity contribution in [2.24, 2.45) is 0 Å². The Bertz CT molecular complexity index is 656. The van der Waals surface area contributed by atoms with Gasteiger partial charge in [-0.2, -0.15) is 0 Å². The van der Waals surface area contributed by atoms with Crippen molar-refractivity contribution in [1.29, 1.82) is 0 Å². The highest BCUT2D eigenvalue weighted by molar-refractivity contribution is 6.32. The van der Waals surface area contributed by atoms with Crippen molar-refractivity contribution in [2.45, 2.75) is 6.42 Å². The number of Topliss-reactive ketones (excluding diaryl/α,β-unsaturated/α-hetero) is 1. The molecule has 2 aromatic carbocycles. The van der Waals surface area contributed by atoms with E-state index < -0.39 is 5.82 Å². The van der Waals surface area contributed by atoms with E-state index in [1.54, 1.807) is 18.2 Å². The number of ether oxygens (including phenoxy) is 1. The normalized spacial score (nSPS) is 10.4. The molecule has 5 heteroatoms. The van der Waals surface area contributed by atoms with Crippen LogP contribution in [0.4, 0.5) is 4.39 Å². The van der Waals surface area contributed by atoms with Crippen molar-refractivity contribution in [3.05, 3.63) is 63.4 Å². The average molecular weight is 313 g/mol. The second-order valence-corrected chi connectivity index (χ2v) is 5.02. The van der Waals surface area contributed by atoms with Crippen LogP contribution in [0.5, 0.6) is 5.75 Å². The summed E-state index contributed by atoms with van der Waals surface area (Å²) < 4.78 is 18.3. The topological polar surface area (TPSA) is 26.3 Å². The largest absolute Gasteiger partial charge is 0.496 e. The molecule has 2 aromatic rings. The van der Waals surface area contributed by atoms with Crippen molar-refractivity contribution in [1.82, 2.24) is 0 Å². The van der Waals surface area contributed by atoms with Gasteiger partial charge in [0, 0.05) is 16.5 Å². The van der Waals surface area contributed by atoms with Crippen LogP contribution in [0.15, 0.2) is 36.4 Å². The number of hydrogen-bond donors (Lipinski definition) is 0.